The fraction of sp³-hybridized carbons (Fsp3) is 0.250. The van der Waals surface area contributed by atoms with Crippen LogP contribution in [0.25, 0.3) is 6.08 Å². The van der Waals surface area contributed by atoms with Crippen LogP contribution in [0.15, 0.2) is 54.1 Å². The maximum absolute atomic E-state index is 11.4. The van der Waals surface area contributed by atoms with Gasteiger partial charge in [0.25, 0.3) is 0 Å². The van der Waals surface area contributed by atoms with Gasteiger partial charge in [-0.25, -0.2) is 4.79 Å². The van der Waals surface area contributed by atoms with Gasteiger partial charge in [-0.3, -0.25) is 0 Å². The Hall–Kier alpha value is -2.75. The Morgan fingerprint density at radius 1 is 1.08 bits per heavy atom. The molecule has 4 heteroatoms. The molecule has 0 amide bonds. The van der Waals surface area contributed by atoms with Gasteiger partial charge in [-0.2, -0.15) is 0 Å². The maximum Gasteiger partial charge on any atom is 0.337 e. The van der Waals surface area contributed by atoms with Crippen LogP contribution in [0, 0.1) is 0 Å². The molecule has 0 aromatic heterocycles. The Morgan fingerprint density at radius 2 is 1.71 bits per heavy atom. The van der Waals surface area contributed by atoms with Crippen molar-refractivity contribution < 1.29 is 9.53 Å². The molecule has 0 bridgehead atoms. The van der Waals surface area contributed by atoms with Crippen LogP contribution in [0.3, 0.4) is 0 Å². The summed E-state index contributed by atoms with van der Waals surface area (Å²) in [5.41, 5.74) is 5.10. The Morgan fingerprint density at radius 3 is 2.25 bits per heavy atom. The van der Waals surface area contributed by atoms with Crippen molar-refractivity contribution in [2.24, 2.45) is 0 Å². The van der Waals surface area contributed by atoms with E-state index in [1.54, 1.807) is 12.1 Å². The smallest absolute Gasteiger partial charge is 0.337 e. The number of hydrogen-bond acceptors (Lipinski definition) is 4. The van der Waals surface area contributed by atoms with Gasteiger partial charge in [0, 0.05) is 32.0 Å². The van der Waals surface area contributed by atoms with Crippen LogP contribution in [0.1, 0.15) is 22.8 Å². The lowest BCUT2D eigenvalue weighted by Gasteiger charge is -2.13. The molecule has 1 N–H and O–H groups in total. The zero-order chi connectivity index (χ0) is 17.5. The molecule has 0 spiro atoms. The van der Waals surface area contributed by atoms with Gasteiger partial charge in [0.15, 0.2) is 0 Å². The topological polar surface area (TPSA) is 41.6 Å². The lowest BCUT2D eigenvalue weighted by molar-refractivity contribution is 0.0600. The highest BCUT2D eigenvalue weighted by Gasteiger charge is 2.03. The third-order valence-corrected chi connectivity index (χ3v) is 3.70. The number of nitrogens with zero attached hydrogens (tertiary/aromatic N) is 1. The highest BCUT2D eigenvalue weighted by molar-refractivity contribution is 5.89. The number of esters is 1. The summed E-state index contributed by atoms with van der Waals surface area (Å²) in [6, 6.07) is 15.7. The van der Waals surface area contributed by atoms with Crippen molar-refractivity contribution in [3.8, 4) is 0 Å². The van der Waals surface area contributed by atoms with E-state index in [9.17, 15) is 4.79 Å². The van der Waals surface area contributed by atoms with Crippen LogP contribution >= 0.6 is 0 Å². The van der Waals surface area contributed by atoms with Crippen molar-refractivity contribution in [1.82, 2.24) is 0 Å². The molecule has 0 heterocycles. The summed E-state index contributed by atoms with van der Waals surface area (Å²) in [4.78, 5) is 13.5. The minimum absolute atomic E-state index is 0.315. The molecule has 24 heavy (non-hydrogen) atoms. The van der Waals surface area contributed by atoms with Gasteiger partial charge in [-0.1, -0.05) is 23.8 Å². The number of carbonyl (C=O) groups is 1. The van der Waals surface area contributed by atoms with E-state index < -0.39 is 0 Å². The lowest BCUT2D eigenvalue weighted by Crippen LogP contribution is -2.08. The van der Waals surface area contributed by atoms with Crippen molar-refractivity contribution >= 4 is 23.4 Å². The van der Waals surface area contributed by atoms with E-state index in [1.165, 1.54) is 18.4 Å². The molecule has 4 nitrogen and oxygen atoms in total. The van der Waals surface area contributed by atoms with Gasteiger partial charge in [-0.05, 0) is 48.9 Å². The minimum atomic E-state index is -0.315. The zero-order valence-corrected chi connectivity index (χ0v) is 14.7. The third kappa shape index (κ3) is 4.88. The molecule has 2 rings (SSSR count). The summed E-state index contributed by atoms with van der Waals surface area (Å²) < 4.78 is 4.70. The summed E-state index contributed by atoms with van der Waals surface area (Å²) in [7, 11) is 5.44. The van der Waals surface area contributed by atoms with Crippen LogP contribution in [0.5, 0.6) is 0 Å². The monoisotopic (exact) mass is 324 g/mol. The second-order valence-corrected chi connectivity index (χ2v) is 5.90. The van der Waals surface area contributed by atoms with Crippen molar-refractivity contribution in [1.29, 1.82) is 0 Å². The van der Waals surface area contributed by atoms with Gasteiger partial charge in [0.05, 0.1) is 12.7 Å². The number of hydrogen-bond donors (Lipinski definition) is 1. The van der Waals surface area contributed by atoms with Crippen molar-refractivity contribution in [3.63, 3.8) is 0 Å². The van der Waals surface area contributed by atoms with E-state index in [0.29, 0.717) is 5.56 Å². The fourth-order valence-corrected chi connectivity index (χ4v) is 2.29. The largest absolute Gasteiger partial charge is 0.465 e. The van der Waals surface area contributed by atoms with Gasteiger partial charge in [0.1, 0.15) is 0 Å². The molecule has 0 radical (unpaired) electrons. The van der Waals surface area contributed by atoms with Crippen LogP contribution in [0.2, 0.25) is 0 Å². The predicted molar refractivity (Wildman–Crippen MR) is 101 cm³/mol. The van der Waals surface area contributed by atoms with E-state index in [0.717, 1.165) is 17.8 Å². The number of nitrogens with one attached hydrogen (secondary N) is 1. The average Bonchev–Trinajstić information content (AvgIpc) is 2.60. The molecule has 126 valence electrons. The Kier molecular flexibility index (Phi) is 6.01. The number of rotatable bonds is 6. The Balaban J connectivity index is 1.95. The molecule has 0 saturated carbocycles. The summed E-state index contributed by atoms with van der Waals surface area (Å²) in [5.74, 6) is -0.315. The van der Waals surface area contributed by atoms with Crippen LogP contribution in [-0.4, -0.2) is 33.7 Å². The van der Waals surface area contributed by atoms with E-state index in [-0.39, 0.29) is 5.97 Å². The normalized spacial score (nSPS) is 11.1. The summed E-state index contributed by atoms with van der Waals surface area (Å²) in [6.07, 6.45) is 2.10. The summed E-state index contributed by atoms with van der Waals surface area (Å²) in [6.45, 7) is 2.84. The van der Waals surface area contributed by atoms with Gasteiger partial charge < -0.3 is 15.0 Å². The number of benzene rings is 2. The molecule has 2 aromatic rings. The van der Waals surface area contributed by atoms with Crippen molar-refractivity contribution in [2.75, 3.05) is 38.0 Å². The molecule has 2 aromatic carbocycles. The van der Waals surface area contributed by atoms with Gasteiger partial charge >= 0.3 is 5.97 Å². The molecule has 0 atom stereocenters. The summed E-state index contributed by atoms with van der Waals surface area (Å²) >= 11 is 0. The Bertz CT molecular complexity index is 701. The first-order chi connectivity index (χ1) is 11.5. The van der Waals surface area contributed by atoms with E-state index in [1.807, 2.05) is 26.2 Å². The molecular formula is C20H24N2O2. The molecule has 0 aliphatic carbocycles. The second kappa shape index (κ2) is 8.20. The number of carbonyl (C=O) groups excluding carboxylic acids is 1. The van der Waals surface area contributed by atoms with Gasteiger partial charge in [0.2, 0.25) is 0 Å². The van der Waals surface area contributed by atoms with E-state index in [4.69, 9.17) is 4.74 Å². The molecule has 0 unspecified atom stereocenters. The number of anilines is 2. The maximum atomic E-state index is 11.4. The molecule has 0 aliphatic heterocycles. The fourth-order valence-electron chi connectivity index (χ4n) is 2.29. The standard InChI is InChI=1S/C20H24N2O2/c1-15(13-16-5-7-17(8-6-16)20(23)24-4)14-21-18-9-11-19(12-10-18)22(2)3/h5-13,21H,14H2,1-4H3/b15-13+. The lowest BCUT2D eigenvalue weighted by atomic mass is 10.1. The minimum Gasteiger partial charge on any atom is -0.465 e. The molecule has 0 aliphatic rings. The zero-order valence-electron chi connectivity index (χ0n) is 14.7. The number of ether oxygens (including phenoxy) is 1. The van der Waals surface area contributed by atoms with Crippen molar-refractivity contribution in [3.05, 3.63) is 65.2 Å². The predicted octanol–water partition coefficient (Wildman–Crippen LogP) is 4.05. The highest BCUT2D eigenvalue weighted by atomic mass is 16.5. The first-order valence-electron chi connectivity index (χ1n) is 7.86. The first kappa shape index (κ1) is 17.6. The third-order valence-electron chi connectivity index (χ3n) is 3.70. The Labute approximate surface area is 143 Å². The average molecular weight is 324 g/mol. The summed E-state index contributed by atoms with van der Waals surface area (Å²) in [5, 5.41) is 3.41. The van der Waals surface area contributed by atoms with Crippen LogP contribution in [-0.2, 0) is 4.74 Å². The van der Waals surface area contributed by atoms with Gasteiger partial charge in [-0.15, -0.1) is 0 Å². The highest BCUT2D eigenvalue weighted by Crippen LogP contribution is 2.16. The van der Waals surface area contributed by atoms with Crippen LogP contribution < -0.4 is 10.2 Å². The number of methoxy groups -OCH3 is 1. The quantitative estimate of drug-likeness (QED) is 0.814. The molecule has 0 fully saturated rings. The van der Waals surface area contributed by atoms with Crippen LogP contribution in [0.4, 0.5) is 11.4 Å². The first-order valence-corrected chi connectivity index (χ1v) is 7.86. The molecule has 0 saturated heterocycles. The van der Waals surface area contributed by atoms with Crippen molar-refractivity contribution in [2.45, 2.75) is 6.92 Å². The second-order valence-electron chi connectivity index (χ2n) is 5.90. The van der Waals surface area contributed by atoms with E-state index in [2.05, 4.69) is 47.5 Å². The molecular weight excluding hydrogens is 300 g/mol. The SMILES string of the molecule is COC(=O)c1ccc(/C=C(\C)CNc2ccc(N(C)C)cc2)cc1. The van der Waals surface area contributed by atoms with E-state index >= 15 is 0 Å².